The smallest absolute Gasteiger partial charge is 0.412 e. The summed E-state index contributed by atoms with van der Waals surface area (Å²) in [6.45, 7) is 5.27. The summed E-state index contributed by atoms with van der Waals surface area (Å²) in [5.41, 5.74) is 0. The van der Waals surface area contributed by atoms with Gasteiger partial charge in [-0.3, -0.25) is 0 Å². The van der Waals surface area contributed by atoms with Crippen molar-refractivity contribution in [1.82, 2.24) is 5.32 Å². The monoisotopic (exact) mass is 185 g/mol. The van der Waals surface area contributed by atoms with E-state index in [1.165, 1.54) is 0 Å². The molecule has 1 N–H and O–H groups in total. The van der Waals surface area contributed by atoms with Gasteiger partial charge in [0.1, 0.15) is 0 Å². The van der Waals surface area contributed by atoms with Gasteiger partial charge in [0.25, 0.3) is 0 Å². The van der Waals surface area contributed by atoms with E-state index < -0.39 is 0 Å². The molecule has 0 aliphatic carbocycles. The quantitative estimate of drug-likeness (QED) is 0.325. The molecule has 0 bridgehead atoms. The van der Waals surface area contributed by atoms with E-state index in [1.54, 1.807) is 0 Å². The third-order valence-corrected chi connectivity index (χ3v) is 1.28. The van der Waals surface area contributed by atoms with Gasteiger partial charge in [0.15, 0.2) is 0 Å². The molecule has 4 heteroatoms. The van der Waals surface area contributed by atoms with Crippen LogP contribution in [0.25, 0.3) is 0 Å². The summed E-state index contributed by atoms with van der Waals surface area (Å²) in [5, 5.41) is 2.92. The van der Waals surface area contributed by atoms with Gasteiger partial charge >= 0.3 is 29.6 Å². The van der Waals surface area contributed by atoms with Gasteiger partial charge in [0.05, 0.1) is 0 Å². The van der Waals surface area contributed by atoms with E-state index in [2.05, 4.69) is 44.0 Å². The molecule has 0 aliphatic heterocycles. The van der Waals surface area contributed by atoms with Gasteiger partial charge in [-0.05, 0) is 12.3 Å². The minimum absolute atomic E-state index is 0. The summed E-state index contributed by atoms with van der Waals surface area (Å²) in [6.07, 6.45) is 1.14. The van der Waals surface area contributed by atoms with E-state index in [4.69, 9.17) is 0 Å². The first-order valence-electron chi connectivity index (χ1n) is 3.07. The normalized spacial score (nSPS) is 8.70. The Morgan fingerprint density at radius 1 is 1.60 bits per heavy atom. The molecule has 0 saturated heterocycles. The fourth-order valence-corrected chi connectivity index (χ4v) is 0.667. The molecular weight excluding hydrogens is 173 g/mol. The Morgan fingerprint density at radius 2 is 2.10 bits per heavy atom. The molecule has 0 aromatic rings. The molecule has 1 nitrogen and oxygen atoms in total. The third-order valence-electron chi connectivity index (χ3n) is 0.991. The van der Waals surface area contributed by atoms with Crippen molar-refractivity contribution < 1.29 is 29.6 Å². The van der Waals surface area contributed by atoms with E-state index in [-0.39, 0.29) is 29.6 Å². The van der Waals surface area contributed by atoms with Crippen LogP contribution in [0.15, 0.2) is 0 Å². The maximum absolute atomic E-state index is 4.65. The van der Waals surface area contributed by atoms with Gasteiger partial charge in [0.2, 0.25) is 0 Å². The Bertz CT molecular complexity index is 95.7. The molecule has 0 fully saturated rings. The molecule has 0 atom stereocenters. The van der Waals surface area contributed by atoms with Crippen molar-refractivity contribution in [2.45, 2.75) is 20.3 Å². The zero-order valence-corrected chi connectivity index (χ0v) is 10.4. The van der Waals surface area contributed by atoms with E-state index in [1.807, 2.05) is 0 Å². The first-order chi connectivity index (χ1) is 4.13. The molecular formula is C6H12NNaS2. The number of rotatable bonds is 3. The van der Waals surface area contributed by atoms with Gasteiger partial charge in [-0.2, -0.15) is 0 Å². The zero-order valence-electron chi connectivity index (χ0n) is 6.81. The van der Waals surface area contributed by atoms with E-state index >= 15 is 0 Å². The maximum atomic E-state index is 4.65. The van der Waals surface area contributed by atoms with Crippen molar-refractivity contribution in [2.24, 2.45) is 5.92 Å². The summed E-state index contributed by atoms with van der Waals surface area (Å²) in [6, 6.07) is 0. The van der Waals surface area contributed by atoms with Crippen LogP contribution >= 0.6 is 12.2 Å². The standard InChI is InChI=1S/C6H13NS2.Na/c1-5(2)3-4-7-6(8)9;/h5H,3-4H2,1-2H3,(H2,7,8,9);/q;+1/p-1. The predicted molar refractivity (Wildman–Crippen MR) is 47.4 cm³/mol. The molecule has 0 radical (unpaired) electrons. The molecule has 0 aliphatic rings. The molecule has 0 spiro atoms. The second-order valence-electron chi connectivity index (χ2n) is 2.40. The molecule has 10 heavy (non-hydrogen) atoms. The van der Waals surface area contributed by atoms with Crippen molar-refractivity contribution in [2.75, 3.05) is 6.54 Å². The van der Waals surface area contributed by atoms with Crippen LogP contribution in [0.4, 0.5) is 0 Å². The fraction of sp³-hybridized carbons (Fsp3) is 0.833. The Morgan fingerprint density at radius 3 is 2.40 bits per heavy atom. The van der Waals surface area contributed by atoms with Crippen molar-refractivity contribution in [3.63, 3.8) is 0 Å². The van der Waals surface area contributed by atoms with Gasteiger partial charge in [-0.25, -0.2) is 0 Å². The fourth-order valence-electron chi connectivity index (χ4n) is 0.463. The number of hydrogen-bond donors (Lipinski definition) is 1. The second kappa shape index (κ2) is 8.21. The molecule has 0 unspecified atom stereocenters. The van der Waals surface area contributed by atoms with Crippen molar-refractivity contribution >= 4 is 29.2 Å². The number of thiocarbonyl (C=S) groups is 1. The van der Waals surface area contributed by atoms with E-state index in [0.29, 0.717) is 4.32 Å². The Labute approximate surface area is 96.0 Å². The third kappa shape index (κ3) is 11.9. The van der Waals surface area contributed by atoms with Crippen LogP contribution in [-0.4, -0.2) is 10.9 Å². The number of hydrogen-bond acceptors (Lipinski definition) is 2. The van der Waals surface area contributed by atoms with Gasteiger partial charge in [-0.1, -0.05) is 18.2 Å². The molecule has 0 saturated carbocycles. The van der Waals surface area contributed by atoms with Crippen LogP contribution in [0.2, 0.25) is 0 Å². The van der Waals surface area contributed by atoms with Gasteiger partial charge in [0, 0.05) is 6.54 Å². The van der Waals surface area contributed by atoms with Crippen LogP contribution in [0.3, 0.4) is 0 Å². The average Bonchev–Trinajstić information content (AvgIpc) is 1.63. The van der Waals surface area contributed by atoms with Crippen molar-refractivity contribution in [3.05, 3.63) is 0 Å². The van der Waals surface area contributed by atoms with Crippen LogP contribution in [0.1, 0.15) is 20.3 Å². The maximum Gasteiger partial charge on any atom is 1.00 e. The first-order valence-corrected chi connectivity index (χ1v) is 3.89. The Kier molecular flexibility index (Phi) is 11.2. The second-order valence-corrected chi connectivity index (χ2v) is 3.47. The van der Waals surface area contributed by atoms with E-state index in [9.17, 15) is 0 Å². The summed E-state index contributed by atoms with van der Waals surface area (Å²) < 4.78 is 0.482. The van der Waals surface area contributed by atoms with Gasteiger partial charge < -0.3 is 30.2 Å². The Hall–Kier alpha value is 1.11. The zero-order chi connectivity index (χ0) is 7.28. The molecule has 0 rings (SSSR count). The van der Waals surface area contributed by atoms with Gasteiger partial charge in [-0.15, -0.1) is 0 Å². The van der Waals surface area contributed by atoms with Crippen LogP contribution in [0, 0.1) is 5.92 Å². The SMILES string of the molecule is CC(C)CCNC(=S)[S-].[Na+]. The first kappa shape index (κ1) is 13.7. The average molecular weight is 185 g/mol. The molecule has 0 aromatic carbocycles. The minimum Gasteiger partial charge on any atom is -0.412 e. The summed E-state index contributed by atoms with van der Waals surface area (Å²) in [7, 11) is 0. The minimum atomic E-state index is 0. The molecule has 0 aromatic heterocycles. The van der Waals surface area contributed by atoms with E-state index in [0.717, 1.165) is 18.9 Å². The predicted octanol–water partition coefficient (Wildman–Crippen LogP) is -1.54. The van der Waals surface area contributed by atoms with Crippen LogP contribution < -0.4 is 34.9 Å². The topological polar surface area (TPSA) is 12.0 Å². The summed E-state index contributed by atoms with van der Waals surface area (Å²) in [5.74, 6) is 0.724. The van der Waals surface area contributed by atoms with Crippen molar-refractivity contribution in [1.29, 1.82) is 0 Å². The van der Waals surface area contributed by atoms with Crippen LogP contribution in [0.5, 0.6) is 0 Å². The van der Waals surface area contributed by atoms with Crippen molar-refractivity contribution in [3.8, 4) is 0 Å². The van der Waals surface area contributed by atoms with Crippen LogP contribution in [-0.2, 0) is 12.6 Å². The molecule has 54 valence electrons. The molecule has 0 heterocycles. The molecule has 0 amide bonds. The largest absolute Gasteiger partial charge is 1.00 e. The number of nitrogens with one attached hydrogen (secondary N) is 1. The Balaban J connectivity index is 0. The summed E-state index contributed by atoms with van der Waals surface area (Å²) >= 11 is 9.30. The summed E-state index contributed by atoms with van der Waals surface area (Å²) in [4.78, 5) is 0.